The van der Waals surface area contributed by atoms with Crippen molar-refractivity contribution in [3.05, 3.63) is 0 Å². The van der Waals surface area contributed by atoms with Crippen LogP contribution in [0.15, 0.2) is 0 Å². The molecule has 3 aliphatic heterocycles. The quantitative estimate of drug-likeness (QED) is 0.659. The van der Waals surface area contributed by atoms with Gasteiger partial charge in [0.2, 0.25) is 11.8 Å². The fraction of sp³-hybridized carbons (Fsp3) is 0.867. The number of hydrogen-bond acceptors (Lipinski definition) is 5. The molecule has 3 N–H and O–H groups in total. The van der Waals surface area contributed by atoms with Crippen LogP contribution in [-0.4, -0.2) is 91.0 Å². The molecule has 124 valence electrons. The molecule has 3 heterocycles. The van der Waals surface area contributed by atoms with E-state index in [-0.39, 0.29) is 29.9 Å². The van der Waals surface area contributed by atoms with Crippen LogP contribution in [0.4, 0.5) is 0 Å². The van der Waals surface area contributed by atoms with Crippen LogP contribution < -0.4 is 11.1 Å². The van der Waals surface area contributed by atoms with Gasteiger partial charge in [-0.1, -0.05) is 0 Å². The number of carbonyl (C=O) groups is 2. The molecule has 3 saturated heterocycles. The van der Waals surface area contributed by atoms with Gasteiger partial charge in [-0.05, 0) is 19.9 Å². The van der Waals surface area contributed by atoms with Crippen molar-refractivity contribution in [3.8, 4) is 0 Å². The van der Waals surface area contributed by atoms with Crippen molar-refractivity contribution >= 4 is 11.8 Å². The number of piperazine rings is 2. The van der Waals surface area contributed by atoms with E-state index in [1.165, 1.54) is 0 Å². The van der Waals surface area contributed by atoms with Gasteiger partial charge in [0, 0.05) is 57.8 Å². The first-order valence-corrected chi connectivity index (χ1v) is 8.30. The number of fused-ring (bicyclic) bond motifs is 1. The summed E-state index contributed by atoms with van der Waals surface area (Å²) in [5, 5.41) is 2.97. The van der Waals surface area contributed by atoms with E-state index in [4.69, 9.17) is 5.73 Å². The molecule has 22 heavy (non-hydrogen) atoms. The van der Waals surface area contributed by atoms with Gasteiger partial charge in [-0.2, -0.15) is 0 Å². The summed E-state index contributed by atoms with van der Waals surface area (Å²) in [6.07, 6.45) is 2.09. The van der Waals surface area contributed by atoms with Crippen molar-refractivity contribution in [2.75, 3.05) is 46.3 Å². The average molecular weight is 309 g/mol. The molecule has 0 bridgehead atoms. The monoisotopic (exact) mass is 309 g/mol. The van der Waals surface area contributed by atoms with Gasteiger partial charge in [0.05, 0.1) is 6.04 Å². The summed E-state index contributed by atoms with van der Waals surface area (Å²) in [4.78, 5) is 30.7. The summed E-state index contributed by atoms with van der Waals surface area (Å²) >= 11 is 0. The number of hydrogen-bond donors (Lipinski definition) is 2. The number of nitrogens with zero attached hydrogens (tertiary/aromatic N) is 3. The maximum absolute atomic E-state index is 12.3. The lowest BCUT2D eigenvalue weighted by Crippen LogP contribution is -2.58. The highest BCUT2D eigenvalue weighted by Gasteiger charge is 2.42. The SMILES string of the molecule is CN1CCN(C(=O)CCC2CNC(=O)C3CC(N)CN23)CC1. The lowest BCUT2D eigenvalue weighted by molar-refractivity contribution is -0.133. The van der Waals surface area contributed by atoms with Crippen LogP contribution in [0.2, 0.25) is 0 Å². The third kappa shape index (κ3) is 3.26. The highest BCUT2D eigenvalue weighted by atomic mass is 16.2. The van der Waals surface area contributed by atoms with Crippen LogP contribution in [0, 0.1) is 0 Å². The highest BCUT2D eigenvalue weighted by molar-refractivity contribution is 5.83. The van der Waals surface area contributed by atoms with E-state index in [9.17, 15) is 9.59 Å². The minimum Gasteiger partial charge on any atom is -0.353 e. The molecule has 3 aliphatic rings. The zero-order chi connectivity index (χ0) is 15.7. The zero-order valence-electron chi connectivity index (χ0n) is 13.3. The first kappa shape index (κ1) is 15.7. The summed E-state index contributed by atoms with van der Waals surface area (Å²) in [5.41, 5.74) is 6.00. The van der Waals surface area contributed by atoms with Gasteiger partial charge in [-0.15, -0.1) is 0 Å². The van der Waals surface area contributed by atoms with Crippen molar-refractivity contribution in [1.82, 2.24) is 20.0 Å². The Kier molecular flexibility index (Phi) is 4.65. The van der Waals surface area contributed by atoms with Gasteiger partial charge >= 0.3 is 0 Å². The van der Waals surface area contributed by atoms with Gasteiger partial charge in [-0.3, -0.25) is 14.5 Å². The number of nitrogens with two attached hydrogens (primary N) is 1. The van der Waals surface area contributed by atoms with E-state index in [1.54, 1.807) is 0 Å². The Morgan fingerprint density at radius 1 is 1.32 bits per heavy atom. The lowest BCUT2D eigenvalue weighted by atomic mass is 10.0. The largest absolute Gasteiger partial charge is 0.353 e. The molecule has 3 atom stereocenters. The summed E-state index contributed by atoms with van der Waals surface area (Å²) in [7, 11) is 2.09. The Hall–Kier alpha value is -1.18. The van der Waals surface area contributed by atoms with Crippen molar-refractivity contribution < 1.29 is 9.59 Å². The second-order valence-electron chi connectivity index (χ2n) is 6.83. The lowest BCUT2D eigenvalue weighted by Gasteiger charge is -2.38. The average Bonchev–Trinajstić information content (AvgIpc) is 2.90. The standard InChI is InChI=1S/C15H27N5O2/c1-18-4-6-19(7-5-18)14(21)3-2-12-9-17-15(22)13-8-11(16)10-20(12)13/h11-13H,2-10,16H2,1H3,(H,17,22). The highest BCUT2D eigenvalue weighted by Crippen LogP contribution is 2.25. The number of carbonyl (C=O) groups excluding carboxylic acids is 2. The molecule has 7 heteroatoms. The smallest absolute Gasteiger partial charge is 0.237 e. The van der Waals surface area contributed by atoms with Crippen molar-refractivity contribution in [2.45, 2.75) is 37.4 Å². The molecule has 3 rings (SSSR count). The summed E-state index contributed by atoms with van der Waals surface area (Å²) in [6, 6.07) is 0.227. The summed E-state index contributed by atoms with van der Waals surface area (Å²) in [6.45, 7) is 4.97. The number of rotatable bonds is 3. The molecular weight excluding hydrogens is 282 g/mol. The van der Waals surface area contributed by atoms with Crippen molar-refractivity contribution in [2.24, 2.45) is 5.73 Å². The molecule has 0 saturated carbocycles. The number of likely N-dealkylation sites (N-methyl/N-ethyl adjacent to an activating group) is 1. The Morgan fingerprint density at radius 2 is 2.05 bits per heavy atom. The Morgan fingerprint density at radius 3 is 2.77 bits per heavy atom. The molecule has 0 radical (unpaired) electrons. The normalized spacial score (nSPS) is 33.6. The molecule has 0 spiro atoms. The van der Waals surface area contributed by atoms with E-state index >= 15 is 0 Å². The molecule has 3 unspecified atom stereocenters. The molecule has 3 fully saturated rings. The third-order valence-corrected chi connectivity index (χ3v) is 5.20. The topological polar surface area (TPSA) is 81.9 Å². The van der Waals surface area contributed by atoms with Crippen LogP contribution in [0.3, 0.4) is 0 Å². The molecule has 7 nitrogen and oxygen atoms in total. The molecule has 0 aromatic heterocycles. The Bertz CT molecular complexity index is 436. The van der Waals surface area contributed by atoms with Gasteiger partial charge < -0.3 is 20.9 Å². The fourth-order valence-corrected chi connectivity index (χ4v) is 3.78. The maximum atomic E-state index is 12.3. The van der Waals surface area contributed by atoms with Crippen LogP contribution in [-0.2, 0) is 9.59 Å². The van der Waals surface area contributed by atoms with E-state index in [0.29, 0.717) is 13.0 Å². The van der Waals surface area contributed by atoms with Crippen LogP contribution in [0.5, 0.6) is 0 Å². The summed E-state index contributed by atoms with van der Waals surface area (Å²) in [5.74, 6) is 0.333. The second-order valence-corrected chi connectivity index (χ2v) is 6.83. The van der Waals surface area contributed by atoms with E-state index in [1.807, 2.05) is 4.90 Å². The maximum Gasteiger partial charge on any atom is 0.237 e. The minimum atomic E-state index is -0.0903. The van der Waals surface area contributed by atoms with Crippen molar-refractivity contribution in [1.29, 1.82) is 0 Å². The van der Waals surface area contributed by atoms with E-state index < -0.39 is 0 Å². The Balaban J connectivity index is 1.50. The summed E-state index contributed by atoms with van der Waals surface area (Å²) < 4.78 is 0. The minimum absolute atomic E-state index is 0.0738. The van der Waals surface area contributed by atoms with Gasteiger partial charge in [0.1, 0.15) is 0 Å². The predicted octanol–water partition coefficient (Wildman–Crippen LogP) is -1.56. The van der Waals surface area contributed by atoms with Crippen LogP contribution >= 0.6 is 0 Å². The molecule has 0 aromatic carbocycles. The molecule has 0 aliphatic carbocycles. The number of nitrogens with one attached hydrogen (secondary N) is 1. The van der Waals surface area contributed by atoms with E-state index in [0.717, 1.165) is 45.6 Å². The van der Waals surface area contributed by atoms with Crippen LogP contribution in [0.1, 0.15) is 19.3 Å². The van der Waals surface area contributed by atoms with Gasteiger partial charge in [0.15, 0.2) is 0 Å². The predicted molar refractivity (Wildman–Crippen MR) is 83.2 cm³/mol. The van der Waals surface area contributed by atoms with E-state index in [2.05, 4.69) is 22.2 Å². The fourth-order valence-electron chi connectivity index (χ4n) is 3.78. The molecule has 0 aromatic rings. The molecular formula is C15H27N5O2. The van der Waals surface area contributed by atoms with Crippen LogP contribution in [0.25, 0.3) is 0 Å². The van der Waals surface area contributed by atoms with Gasteiger partial charge in [-0.25, -0.2) is 0 Å². The second kappa shape index (κ2) is 6.52. The third-order valence-electron chi connectivity index (χ3n) is 5.20. The first-order chi connectivity index (χ1) is 10.5. The first-order valence-electron chi connectivity index (χ1n) is 8.30. The van der Waals surface area contributed by atoms with Crippen molar-refractivity contribution in [3.63, 3.8) is 0 Å². The van der Waals surface area contributed by atoms with Gasteiger partial charge in [0.25, 0.3) is 0 Å². The molecule has 2 amide bonds. The Labute approximate surface area is 131 Å². The number of amides is 2. The zero-order valence-corrected chi connectivity index (χ0v) is 13.3.